The van der Waals surface area contributed by atoms with E-state index in [1.54, 1.807) is 11.8 Å². The lowest BCUT2D eigenvalue weighted by Crippen LogP contribution is -2.35. The Morgan fingerprint density at radius 2 is 2.03 bits per heavy atom. The number of rotatable bonds is 5. The summed E-state index contributed by atoms with van der Waals surface area (Å²) in [4.78, 5) is 27.3. The Balaban J connectivity index is 1.74. The fourth-order valence-electron chi connectivity index (χ4n) is 3.54. The zero-order valence-electron chi connectivity index (χ0n) is 16.9. The van der Waals surface area contributed by atoms with E-state index in [1.165, 1.54) is 11.3 Å². The van der Waals surface area contributed by atoms with Crippen molar-refractivity contribution in [2.24, 2.45) is 0 Å². The summed E-state index contributed by atoms with van der Waals surface area (Å²) in [6, 6.07) is 12.1. The largest absolute Gasteiger partial charge is 0.450 e. The van der Waals surface area contributed by atoms with Crippen LogP contribution in [0.5, 0.6) is 0 Å². The van der Waals surface area contributed by atoms with Crippen molar-refractivity contribution < 1.29 is 14.3 Å². The molecule has 1 N–H and O–H groups in total. The molecule has 2 heterocycles. The molecule has 152 valence electrons. The number of carbonyl (C=O) groups excluding carboxylic acids is 2. The lowest BCUT2D eigenvalue weighted by atomic mass is 9.81. The smallest absolute Gasteiger partial charge is 0.410 e. The number of nitrogens with zero attached hydrogens (tertiary/aromatic N) is 2. The number of nitriles is 1. The summed E-state index contributed by atoms with van der Waals surface area (Å²) in [7, 11) is 0. The van der Waals surface area contributed by atoms with E-state index in [2.05, 4.69) is 11.4 Å². The van der Waals surface area contributed by atoms with Crippen LogP contribution in [0, 0.1) is 11.3 Å². The number of hydrogen-bond donors (Lipinski definition) is 1. The molecular weight excluding hydrogens is 386 g/mol. The third-order valence-corrected chi connectivity index (χ3v) is 6.24. The van der Waals surface area contributed by atoms with Crippen molar-refractivity contribution in [2.45, 2.75) is 45.6 Å². The molecule has 7 heteroatoms. The van der Waals surface area contributed by atoms with E-state index >= 15 is 0 Å². The molecule has 0 radical (unpaired) electrons. The van der Waals surface area contributed by atoms with Crippen LogP contribution in [0.4, 0.5) is 9.80 Å². The molecule has 1 aromatic carbocycles. The van der Waals surface area contributed by atoms with Gasteiger partial charge in [-0.05, 0) is 29.9 Å². The lowest BCUT2D eigenvalue weighted by molar-refractivity contribution is -0.117. The second-order valence-electron chi connectivity index (χ2n) is 7.67. The van der Waals surface area contributed by atoms with Crippen LogP contribution < -0.4 is 5.32 Å². The second kappa shape index (κ2) is 8.66. The monoisotopic (exact) mass is 411 g/mol. The standard InChI is InChI=1S/C22H25N3O3S/c1-4-28-21(27)25-11-10-16-17(13-23)20(29-18(16)14-25)24-19(26)12-22(2,3)15-8-6-5-7-9-15/h5-9H,4,10-12,14H2,1-3H3,(H,24,26). The minimum absolute atomic E-state index is 0.129. The number of benzene rings is 1. The molecule has 0 atom stereocenters. The number of carbonyl (C=O) groups is 2. The van der Waals surface area contributed by atoms with Gasteiger partial charge in [0.2, 0.25) is 5.91 Å². The molecule has 0 fully saturated rings. The minimum Gasteiger partial charge on any atom is -0.450 e. The van der Waals surface area contributed by atoms with Crippen LogP contribution >= 0.6 is 11.3 Å². The van der Waals surface area contributed by atoms with E-state index in [-0.39, 0.29) is 17.4 Å². The van der Waals surface area contributed by atoms with Gasteiger partial charge in [-0.3, -0.25) is 4.79 Å². The summed E-state index contributed by atoms with van der Waals surface area (Å²) >= 11 is 1.37. The Morgan fingerprint density at radius 1 is 1.31 bits per heavy atom. The van der Waals surface area contributed by atoms with E-state index in [4.69, 9.17) is 4.74 Å². The molecule has 1 aliphatic rings. The zero-order chi connectivity index (χ0) is 21.0. The van der Waals surface area contributed by atoms with Crippen molar-refractivity contribution in [2.75, 3.05) is 18.5 Å². The van der Waals surface area contributed by atoms with Gasteiger partial charge in [0, 0.05) is 17.8 Å². The van der Waals surface area contributed by atoms with Gasteiger partial charge < -0.3 is 15.0 Å². The van der Waals surface area contributed by atoms with Gasteiger partial charge in [-0.1, -0.05) is 44.2 Å². The molecule has 0 aliphatic carbocycles. The molecule has 3 rings (SSSR count). The van der Waals surface area contributed by atoms with Crippen molar-refractivity contribution >= 4 is 28.3 Å². The molecule has 2 aromatic rings. The molecule has 0 spiro atoms. The van der Waals surface area contributed by atoms with E-state index in [1.807, 2.05) is 44.2 Å². The number of amides is 2. The van der Waals surface area contributed by atoms with E-state index in [0.29, 0.717) is 43.1 Å². The first-order valence-electron chi connectivity index (χ1n) is 9.67. The van der Waals surface area contributed by atoms with Crippen LogP contribution in [-0.4, -0.2) is 30.1 Å². The number of hydrogen-bond acceptors (Lipinski definition) is 5. The maximum atomic E-state index is 12.7. The lowest BCUT2D eigenvalue weighted by Gasteiger charge is -2.25. The Labute approximate surface area is 175 Å². The summed E-state index contributed by atoms with van der Waals surface area (Å²) in [5.74, 6) is -0.129. The Hall–Kier alpha value is -2.85. The highest BCUT2D eigenvalue weighted by atomic mass is 32.1. The average molecular weight is 412 g/mol. The molecule has 1 aromatic heterocycles. The maximum Gasteiger partial charge on any atom is 0.410 e. The summed E-state index contributed by atoms with van der Waals surface area (Å²) in [5, 5.41) is 13.1. The Bertz CT molecular complexity index is 944. The normalized spacial score (nSPS) is 13.4. The molecule has 0 bridgehead atoms. The molecule has 0 saturated carbocycles. The van der Waals surface area contributed by atoms with E-state index < -0.39 is 0 Å². The summed E-state index contributed by atoms with van der Waals surface area (Å²) in [6.07, 6.45) is 0.540. The molecule has 29 heavy (non-hydrogen) atoms. The Morgan fingerprint density at radius 3 is 2.69 bits per heavy atom. The van der Waals surface area contributed by atoms with Crippen molar-refractivity contribution in [3.63, 3.8) is 0 Å². The molecule has 0 unspecified atom stereocenters. The second-order valence-corrected chi connectivity index (χ2v) is 8.77. The maximum absolute atomic E-state index is 12.7. The highest BCUT2D eigenvalue weighted by molar-refractivity contribution is 7.16. The summed E-state index contributed by atoms with van der Waals surface area (Å²) in [5.41, 5.74) is 2.21. The van der Waals surface area contributed by atoms with E-state index in [9.17, 15) is 14.9 Å². The number of fused-ring (bicyclic) bond motifs is 1. The van der Waals surface area contributed by atoms with Gasteiger partial charge in [0.05, 0.1) is 18.7 Å². The molecule has 6 nitrogen and oxygen atoms in total. The van der Waals surface area contributed by atoms with Crippen molar-refractivity contribution in [3.8, 4) is 6.07 Å². The van der Waals surface area contributed by atoms with Gasteiger partial charge in [-0.15, -0.1) is 11.3 Å². The molecule has 2 amide bonds. The van der Waals surface area contributed by atoms with Crippen LogP contribution in [0.3, 0.4) is 0 Å². The summed E-state index contributed by atoms with van der Waals surface area (Å²) in [6.45, 7) is 7.07. The van der Waals surface area contributed by atoms with E-state index in [0.717, 1.165) is 16.0 Å². The average Bonchev–Trinajstić information content (AvgIpc) is 3.04. The van der Waals surface area contributed by atoms with Gasteiger partial charge in [0.15, 0.2) is 0 Å². The summed E-state index contributed by atoms with van der Waals surface area (Å²) < 4.78 is 5.08. The third-order valence-electron chi connectivity index (χ3n) is 5.11. The SMILES string of the molecule is CCOC(=O)N1CCc2c(sc(NC(=O)CC(C)(C)c3ccccc3)c2C#N)C1. The highest BCUT2D eigenvalue weighted by Gasteiger charge is 2.29. The topological polar surface area (TPSA) is 82.4 Å². The fraction of sp³-hybridized carbons (Fsp3) is 0.409. The highest BCUT2D eigenvalue weighted by Crippen LogP contribution is 2.37. The van der Waals surface area contributed by atoms with Crippen LogP contribution in [-0.2, 0) is 27.9 Å². The Kier molecular flexibility index (Phi) is 6.23. The minimum atomic E-state index is -0.347. The first-order chi connectivity index (χ1) is 13.9. The molecule has 1 aliphatic heterocycles. The van der Waals surface area contributed by atoms with Crippen molar-refractivity contribution in [3.05, 3.63) is 51.9 Å². The number of thiophene rings is 1. The molecular formula is C22H25N3O3S. The predicted octanol–water partition coefficient (Wildman–Crippen LogP) is 4.44. The van der Waals surface area contributed by atoms with Crippen LogP contribution in [0.25, 0.3) is 0 Å². The van der Waals surface area contributed by atoms with Crippen LogP contribution in [0.2, 0.25) is 0 Å². The number of nitrogens with one attached hydrogen (secondary N) is 1. The number of anilines is 1. The van der Waals surface area contributed by atoms with Crippen molar-refractivity contribution in [1.29, 1.82) is 5.26 Å². The van der Waals surface area contributed by atoms with Gasteiger partial charge in [-0.2, -0.15) is 5.26 Å². The van der Waals surface area contributed by atoms with Crippen LogP contribution in [0.15, 0.2) is 30.3 Å². The van der Waals surface area contributed by atoms with Crippen molar-refractivity contribution in [1.82, 2.24) is 4.90 Å². The van der Waals surface area contributed by atoms with Gasteiger partial charge in [-0.25, -0.2) is 4.79 Å². The first-order valence-corrected chi connectivity index (χ1v) is 10.5. The predicted molar refractivity (Wildman–Crippen MR) is 113 cm³/mol. The third kappa shape index (κ3) is 4.60. The first kappa shape index (κ1) is 20.9. The molecule has 0 saturated heterocycles. The quantitative estimate of drug-likeness (QED) is 0.788. The van der Waals surface area contributed by atoms with Gasteiger partial charge >= 0.3 is 6.09 Å². The fourth-order valence-corrected chi connectivity index (χ4v) is 4.77. The van der Waals surface area contributed by atoms with Gasteiger partial charge in [0.25, 0.3) is 0 Å². The zero-order valence-corrected chi connectivity index (χ0v) is 17.8. The number of ether oxygens (including phenoxy) is 1. The van der Waals surface area contributed by atoms with Gasteiger partial charge in [0.1, 0.15) is 11.1 Å². The van der Waals surface area contributed by atoms with Crippen LogP contribution in [0.1, 0.15) is 48.8 Å².